The van der Waals surface area contributed by atoms with Crippen LogP contribution in [0.2, 0.25) is 0 Å². The molecule has 0 spiro atoms. The molecule has 0 bridgehead atoms. The van der Waals surface area contributed by atoms with Crippen molar-refractivity contribution >= 4 is 28.3 Å². The summed E-state index contributed by atoms with van der Waals surface area (Å²) in [5, 5.41) is 2.57. The number of benzene rings is 2. The molecule has 8 heteroatoms. The molecule has 2 aromatic carbocycles. The highest BCUT2D eigenvalue weighted by molar-refractivity contribution is 7.89. The van der Waals surface area contributed by atoms with Crippen LogP contribution in [0.4, 0.5) is 0 Å². The molecule has 1 atom stereocenters. The molecule has 6 nitrogen and oxygen atoms in total. The zero-order chi connectivity index (χ0) is 18.3. The van der Waals surface area contributed by atoms with Crippen LogP contribution >= 0.6 is 12.4 Å². The predicted molar refractivity (Wildman–Crippen MR) is 105 cm³/mol. The molecule has 0 saturated carbocycles. The SMILES string of the molecule is Cc1ccc(C(N)C(=O)NCCS(=O)(=O)NCc2ccccc2)cc1.Cl. The molecule has 0 aromatic heterocycles. The standard InChI is InChI=1S/C18H23N3O3S.ClH/c1-14-7-9-16(10-8-14)17(19)18(22)20-11-12-25(23,24)21-13-15-5-3-2-4-6-15;/h2-10,17,21H,11-13,19H2,1H3,(H,20,22);1H. The molecule has 2 aromatic rings. The summed E-state index contributed by atoms with van der Waals surface area (Å²) in [5.41, 5.74) is 8.53. The summed E-state index contributed by atoms with van der Waals surface area (Å²) < 4.78 is 26.4. The van der Waals surface area contributed by atoms with E-state index in [9.17, 15) is 13.2 Å². The molecule has 0 aliphatic heterocycles. The molecule has 26 heavy (non-hydrogen) atoms. The van der Waals surface area contributed by atoms with Gasteiger partial charge >= 0.3 is 0 Å². The summed E-state index contributed by atoms with van der Waals surface area (Å²) in [4.78, 5) is 12.0. The van der Waals surface area contributed by atoms with E-state index in [4.69, 9.17) is 5.73 Å². The second kappa shape index (κ2) is 10.3. The van der Waals surface area contributed by atoms with Crippen molar-refractivity contribution in [1.29, 1.82) is 0 Å². The lowest BCUT2D eigenvalue weighted by molar-refractivity contribution is -0.122. The van der Waals surface area contributed by atoms with Gasteiger partial charge in [-0.25, -0.2) is 13.1 Å². The number of sulfonamides is 1. The van der Waals surface area contributed by atoms with Gasteiger partial charge in [0.05, 0.1) is 5.75 Å². The maximum absolute atomic E-state index is 12.0. The van der Waals surface area contributed by atoms with Gasteiger partial charge in [-0.3, -0.25) is 4.79 Å². The van der Waals surface area contributed by atoms with Crippen LogP contribution in [0.5, 0.6) is 0 Å². The Kier molecular flexibility index (Phi) is 8.74. The molecule has 0 saturated heterocycles. The first-order valence-corrected chi connectivity index (χ1v) is 9.64. The summed E-state index contributed by atoms with van der Waals surface area (Å²) in [5.74, 6) is -0.603. The van der Waals surface area contributed by atoms with Crippen LogP contribution in [0.1, 0.15) is 22.7 Å². The van der Waals surface area contributed by atoms with Crippen molar-refractivity contribution in [1.82, 2.24) is 10.0 Å². The lowest BCUT2D eigenvalue weighted by atomic mass is 10.1. The molecule has 0 radical (unpaired) electrons. The number of halogens is 1. The van der Waals surface area contributed by atoms with Crippen molar-refractivity contribution in [3.8, 4) is 0 Å². The zero-order valence-corrected chi connectivity index (χ0v) is 16.1. The van der Waals surface area contributed by atoms with Crippen molar-refractivity contribution in [2.45, 2.75) is 19.5 Å². The number of carbonyl (C=O) groups excluding carboxylic acids is 1. The first-order valence-electron chi connectivity index (χ1n) is 7.98. The Bertz CT molecular complexity index is 796. The van der Waals surface area contributed by atoms with Crippen LogP contribution in [0, 0.1) is 6.92 Å². The lowest BCUT2D eigenvalue weighted by Gasteiger charge is -2.13. The third-order valence-corrected chi connectivity index (χ3v) is 5.05. The maximum Gasteiger partial charge on any atom is 0.241 e. The van der Waals surface area contributed by atoms with E-state index >= 15 is 0 Å². The van der Waals surface area contributed by atoms with Crippen LogP contribution in [-0.2, 0) is 21.4 Å². The van der Waals surface area contributed by atoms with E-state index in [2.05, 4.69) is 10.0 Å². The van der Waals surface area contributed by atoms with E-state index in [0.29, 0.717) is 5.56 Å². The van der Waals surface area contributed by atoms with Crippen LogP contribution in [0.15, 0.2) is 54.6 Å². The molecule has 0 aliphatic carbocycles. The lowest BCUT2D eigenvalue weighted by Crippen LogP contribution is -2.38. The number of nitrogens with two attached hydrogens (primary N) is 1. The maximum atomic E-state index is 12.0. The third kappa shape index (κ3) is 7.13. The first-order chi connectivity index (χ1) is 11.9. The van der Waals surface area contributed by atoms with Crippen molar-refractivity contribution in [2.75, 3.05) is 12.3 Å². The van der Waals surface area contributed by atoms with E-state index in [1.54, 1.807) is 12.1 Å². The molecule has 1 unspecified atom stereocenters. The fourth-order valence-corrected chi connectivity index (χ4v) is 3.11. The molecule has 1 amide bonds. The minimum Gasteiger partial charge on any atom is -0.353 e. The minimum absolute atomic E-state index is 0. The summed E-state index contributed by atoms with van der Waals surface area (Å²) >= 11 is 0. The third-order valence-electron chi connectivity index (χ3n) is 3.73. The fraction of sp³-hybridized carbons (Fsp3) is 0.278. The van der Waals surface area contributed by atoms with Crippen molar-refractivity contribution < 1.29 is 13.2 Å². The van der Waals surface area contributed by atoms with Gasteiger partial charge in [0.15, 0.2) is 0 Å². The first kappa shape index (κ1) is 22.1. The number of carbonyl (C=O) groups is 1. The Morgan fingerprint density at radius 3 is 2.31 bits per heavy atom. The highest BCUT2D eigenvalue weighted by Crippen LogP contribution is 2.11. The van der Waals surface area contributed by atoms with Crippen LogP contribution in [-0.4, -0.2) is 26.6 Å². The van der Waals surface area contributed by atoms with Crippen molar-refractivity contribution in [3.63, 3.8) is 0 Å². The van der Waals surface area contributed by atoms with Crippen LogP contribution < -0.4 is 15.8 Å². The van der Waals surface area contributed by atoms with E-state index in [1.807, 2.05) is 49.4 Å². The number of hydrogen-bond donors (Lipinski definition) is 3. The Morgan fingerprint density at radius 1 is 1.08 bits per heavy atom. The molecular weight excluding hydrogens is 374 g/mol. The highest BCUT2D eigenvalue weighted by atomic mass is 35.5. The molecule has 2 rings (SSSR count). The number of hydrogen-bond acceptors (Lipinski definition) is 4. The number of amides is 1. The van der Waals surface area contributed by atoms with Gasteiger partial charge in [-0.1, -0.05) is 60.2 Å². The minimum atomic E-state index is -3.48. The molecule has 4 N–H and O–H groups in total. The van der Waals surface area contributed by atoms with E-state index in [1.165, 1.54) is 0 Å². The van der Waals surface area contributed by atoms with Crippen LogP contribution in [0.25, 0.3) is 0 Å². The summed E-state index contributed by atoms with van der Waals surface area (Å²) in [6.07, 6.45) is 0. The van der Waals surface area contributed by atoms with Gasteiger partial charge in [0.2, 0.25) is 15.9 Å². The smallest absolute Gasteiger partial charge is 0.241 e. The molecule has 0 heterocycles. The topological polar surface area (TPSA) is 101 Å². The van der Waals surface area contributed by atoms with E-state index < -0.39 is 22.0 Å². The number of nitrogens with one attached hydrogen (secondary N) is 2. The second-order valence-electron chi connectivity index (χ2n) is 5.80. The summed E-state index contributed by atoms with van der Waals surface area (Å²) in [6.45, 7) is 2.17. The van der Waals surface area contributed by atoms with Gasteiger partial charge in [0.25, 0.3) is 0 Å². The summed E-state index contributed by atoms with van der Waals surface area (Å²) in [6, 6.07) is 15.7. The van der Waals surface area contributed by atoms with Gasteiger partial charge in [-0.05, 0) is 18.1 Å². The monoisotopic (exact) mass is 397 g/mol. The van der Waals surface area contributed by atoms with Gasteiger partial charge in [-0.15, -0.1) is 12.4 Å². The van der Waals surface area contributed by atoms with Gasteiger partial charge in [0.1, 0.15) is 6.04 Å². The second-order valence-corrected chi connectivity index (χ2v) is 7.73. The van der Waals surface area contributed by atoms with Crippen molar-refractivity contribution in [3.05, 3.63) is 71.3 Å². The Labute approximate surface area is 160 Å². The average Bonchev–Trinajstić information content (AvgIpc) is 2.61. The quantitative estimate of drug-likeness (QED) is 0.630. The van der Waals surface area contributed by atoms with E-state index in [0.717, 1.165) is 11.1 Å². The predicted octanol–water partition coefficient (Wildman–Crippen LogP) is 1.65. The highest BCUT2D eigenvalue weighted by Gasteiger charge is 2.16. The molecule has 142 valence electrons. The number of rotatable bonds is 8. The largest absolute Gasteiger partial charge is 0.353 e. The van der Waals surface area contributed by atoms with Gasteiger partial charge < -0.3 is 11.1 Å². The fourth-order valence-electron chi connectivity index (χ4n) is 2.21. The molecule has 0 fully saturated rings. The normalized spacial score (nSPS) is 12.1. The summed E-state index contributed by atoms with van der Waals surface area (Å²) in [7, 11) is -3.48. The Morgan fingerprint density at radius 2 is 1.69 bits per heavy atom. The van der Waals surface area contributed by atoms with Crippen LogP contribution in [0.3, 0.4) is 0 Å². The van der Waals surface area contributed by atoms with Gasteiger partial charge in [-0.2, -0.15) is 0 Å². The molecule has 0 aliphatic rings. The average molecular weight is 398 g/mol. The Hall–Kier alpha value is -1.93. The van der Waals surface area contributed by atoms with E-state index in [-0.39, 0.29) is 31.2 Å². The zero-order valence-electron chi connectivity index (χ0n) is 14.5. The Balaban J connectivity index is 0.00000338. The van der Waals surface area contributed by atoms with Gasteiger partial charge in [0, 0.05) is 13.1 Å². The number of aryl methyl sites for hydroxylation is 1. The van der Waals surface area contributed by atoms with Crippen molar-refractivity contribution in [2.24, 2.45) is 5.73 Å². The molecular formula is C18H24ClN3O3S.